The number of hydrogen-bond donors (Lipinski definition) is 0. The van der Waals surface area contributed by atoms with E-state index in [0.29, 0.717) is 15.6 Å². The summed E-state index contributed by atoms with van der Waals surface area (Å²) in [4.78, 5) is 31.8. The molecule has 0 saturated carbocycles. The van der Waals surface area contributed by atoms with Gasteiger partial charge in [-0.15, -0.1) is 0 Å². The number of methoxy groups -OCH3 is 2. The lowest BCUT2D eigenvalue weighted by Gasteiger charge is -2.07. The van der Waals surface area contributed by atoms with E-state index in [1.165, 1.54) is 20.5 Å². The van der Waals surface area contributed by atoms with Gasteiger partial charge in [0.25, 0.3) is 0 Å². The molecule has 2 heterocycles. The van der Waals surface area contributed by atoms with Gasteiger partial charge >= 0.3 is 11.9 Å². The molecule has 2 aromatic rings. The molecule has 0 bridgehead atoms. The molecule has 2 aromatic heterocycles. The Hall–Kier alpha value is -2.06. The molecule has 0 aliphatic heterocycles. The van der Waals surface area contributed by atoms with Crippen LogP contribution in [0, 0.1) is 6.92 Å². The molecule has 0 fully saturated rings. The van der Waals surface area contributed by atoms with Gasteiger partial charge in [0.1, 0.15) is 5.03 Å². The van der Waals surface area contributed by atoms with Crippen LogP contribution in [0.2, 0.25) is 5.15 Å². The molecule has 116 valence electrons. The molecule has 0 atom stereocenters. The van der Waals surface area contributed by atoms with Gasteiger partial charge < -0.3 is 13.9 Å². The van der Waals surface area contributed by atoms with Crippen molar-refractivity contribution in [1.82, 2.24) is 9.97 Å². The monoisotopic (exact) mass is 342 g/mol. The zero-order chi connectivity index (χ0) is 16.3. The lowest BCUT2D eigenvalue weighted by Crippen LogP contribution is -2.09. The first-order valence-electron chi connectivity index (χ1n) is 5.94. The number of carbonyl (C=O) groups is 2. The quantitative estimate of drug-likeness (QED) is 0.783. The number of ether oxygens (including phenoxy) is 2. The maximum Gasteiger partial charge on any atom is 0.375 e. The Morgan fingerprint density at radius 3 is 2.55 bits per heavy atom. The summed E-state index contributed by atoms with van der Waals surface area (Å²) in [6.07, 6.45) is 1.35. The summed E-state index contributed by atoms with van der Waals surface area (Å²) in [5.41, 5.74) is 0.402. The van der Waals surface area contributed by atoms with E-state index in [-0.39, 0.29) is 16.6 Å². The summed E-state index contributed by atoms with van der Waals surface area (Å²) >= 11 is 7.12. The van der Waals surface area contributed by atoms with Crippen LogP contribution in [-0.2, 0) is 9.47 Å². The Labute approximate surface area is 135 Å². The van der Waals surface area contributed by atoms with Gasteiger partial charge in [-0.25, -0.2) is 19.6 Å². The average Bonchev–Trinajstić information content (AvgIpc) is 2.97. The van der Waals surface area contributed by atoms with Crippen LogP contribution in [-0.4, -0.2) is 36.1 Å². The second-order valence-corrected chi connectivity index (χ2v) is 5.34. The topological polar surface area (TPSA) is 91.5 Å². The molecule has 0 radical (unpaired) electrons. The fraction of sp³-hybridized carbons (Fsp3) is 0.231. The minimum absolute atomic E-state index is 0.0213. The van der Waals surface area contributed by atoms with Crippen LogP contribution in [0.15, 0.2) is 26.7 Å². The maximum atomic E-state index is 11.6. The van der Waals surface area contributed by atoms with Crippen LogP contribution in [0.5, 0.6) is 0 Å². The molecule has 0 aliphatic carbocycles. The summed E-state index contributed by atoms with van der Waals surface area (Å²) in [5, 5.41) is 0.353. The maximum absolute atomic E-state index is 11.6. The number of aryl methyl sites for hydroxylation is 1. The molecule has 0 aliphatic rings. The molecule has 7 nitrogen and oxygen atoms in total. The fourth-order valence-corrected chi connectivity index (χ4v) is 2.67. The van der Waals surface area contributed by atoms with Crippen LogP contribution in [0.25, 0.3) is 0 Å². The summed E-state index contributed by atoms with van der Waals surface area (Å²) in [6, 6.07) is 1.58. The van der Waals surface area contributed by atoms with Crippen molar-refractivity contribution in [2.24, 2.45) is 0 Å². The normalized spacial score (nSPS) is 10.4. The highest BCUT2D eigenvalue weighted by Gasteiger charge is 2.21. The third-order valence-electron chi connectivity index (χ3n) is 2.58. The number of hydrogen-bond acceptors (Lipinski definition) is 8. The highest BCUT2D eigenvalue weighted by molar-refractivity contribution is 7.99. The molecule has 9 heteroatoms. The Balaban J connectivity index is 2.35. The van der Waals surface area contributed by atoms with Crippen molar-refractivity contribution in [3.8, 4) is 0 Å². The van der Waals surface area contributed by atoms with E-state index < -0.39 is 11.9 Å². The zero-order valence-electron chi connectivity index (χ0n) is 11.9. The van der Waals surface area contributed by atoms with E-state index in [1.54, 1.807) is 13.0 Å². The first-order valence-corrected chi connectivity index (χ1v) is 7.13. The third kappa shape index (κ3) is 3.23. The number of esters is 2. The molecule has 0 saturated heterocycles. The predicted molar refractivity (Wildman–Crippen MR) is 77.3 cm³/mol. The van der Waals surface area contributed by atoms with E-state index in [1.807, 2.05) is 0 Å². The molecule has 2 rings (SSSR count). The van der Waals surface area contributed by atoms with Gasteiger partial charge in [-0.3, -0.25) is 0 Å². The van der Waals surface area contributed by atoms with Gasteiger partial charge in [0.05, 0.1) is 31.1 Å². The van der Waals surface area contributed by atoms with E-state index in [9.17, 15) is 9.59 Å². The lowest BCUT2D eigenvalue weighted by atomic mass is 10.3. The average molecular weight is 343 g/mol. The zero-order valence-corrected chi connectivity index (χ0v) is 13.4. The number of carbonyl (C=O) groups excluding carboxylic acids is 2. The van der Waals surface area contributed by atoms with E-state index in [0.717, 1.165) is 11.8 Å². The van der Waals surface area contributed by atoms with E-state index >= 15 is 0 Å². The standard InChI is InChI=1S/C13H11ClN2O5S/c1-6-8(12(17)19-2)16-10(14)11(15-6)22-7-4-5-21-9(7)13(18)20-3/h4-5H,1-3H3. The number of furan rings is 1. The highest BCUT2D eigenvalue weighted by atomic mass is 35.5. The second-order valence-electron chi connectivity index (χ2n) is 3.95. The van der Waals surface area contributed by atoms with Crippen molar-refractivity contribution in [2.45, 2.75) is 16.8 Å². The number of nitrogens with zero attached hydrogens (tertiary/aromatic N) is 2. The molecule has 22 heavy (non-hydrogen) atoms. The summed E-state index contributed by atoms with van der Waals surface area (Å²) < 4.78 is 14.3. The van der Waals surface area contributed by atoms with Crippen LogP contribution in [0.4, 0.5) is 0 Å². The smallest absolute Gasteiger partial charge is 0.375 e. The number of rotatable bonds is 4. The molecule has 0 amide bonds. The van der Waals surface area contributed by atoms with E-state index in [4.69, 9.17) is 16.0 Å². The van der Waals surface area contributed by atoms with Crippen LogP contribution >= 0.6 is 23.4 Å². The molecule has 0 aromatic carbocycles. The van der Waals surface area contributed by atoms with Crippen molar-refractivity contribution in [1.29, 1.82) is 0 Å². The molecule has 0 spiro atoms. The second kappa shape index (κ2) is 6.80. The molecular weight excluding hydrogens is 332 g/mol. The van der Waals surface area contributed by atoms with Crippen LogP contribution in [0.1, 0.15) is 26.7 Å². The van der Waals surface area contributed by atoms with Crippen LogP contribution in [0.3, 0.4) is 0 Å². The summed E-state index contributed by atoms with van der Waals surface area (Å²) in [6.45, 7) is 1.61. The SMILES string of the molecule is COC(=O)c1nc(Cl)c(Sc2ccoc2C(=O)OC)nc1C. The van der Waals surface area contributed by atoms with Crippen molar-refractivity contribution in [2.75, 3.05) is 14.2 Å². The minimum Gasteiger partial charge on any atom is -0.464 e. The summed E-state index contributed by atoms with van der Waals surface area (Å²) in [5.74, 6) is -1.19. The van der Waals surface area contributed by atoms with Crippen molar-refractivity contribution in [3.63, 3.8) is 0 Å². The number of aromatic nitrogens is 2. The first kappa shape index (κ1) is 16.3. The van der Waals surface area contributed by atoms with Gasteiger partial charge in [0.2, 0.25) is 5.76 Å². The van der Waals surface area contributed by atoms with Gasteiger partial charge in [0, 0.05) is 0 Å². The van der Waals surface area contributed by atoms with E-state index in [2.05, 4.69) is 19.4 Å². The largest absolute Gasteiger partial charge is 0.464 e. The van der Waals surface area contributed by atoms with Crippen molar-refractivity contribution >= 4 is 35.3 Å². The predicted octanol–water partition coefficient (Wildman–Crippen LogP) is 2.76. The van der Waals surface area contributed by atoms with Gasteiger partial charge in [-0.1, -0.05) is 23.4 Å². The lowest BCUT2D eigenvalue weighted by molar-refractivity contribution is 0.0558. The highest BCUT2D eigenvalue weighted by Crippen LogP contribution is 2.34. The Bertz CT molecular complexity index is 731. The first-order chi connectivity index (χ1) is 10.5. The third-order valence-corrected chi connectivity index (χ3v) is 3.98. The number of halogens is 1. The van der Waals surface area contributed by atoms with Gasteiger partial charge in [-0.2, -0.15) is 0 Å². The van der Waals surface area contributed by atoms with Gasteiger partial charge in [0.15, 0.2) is 10.8 Å². The molecular formula is C13H11ClN2O5S. The van der Waals surface area contributed by atoms with Gasteiger partial charge in [-0.05, 0) is 13.0 Å². The Morgan fingerprint density at radius 2 is 1.91 bits per heavy atom. The Kier molecular flexibility index (Phi) is 5.04. The van der Waals surface area contributed by atoms with Crippen molar-refractivity contribution in [3.05, 3.63) is 34.6 Å². The van der Waals surface area contributed by atoms with Crippen molar-refractivity contribution < 1.29 is 23.5 Å². The summed E-state index contributed by atoms with van der Waals surface area (Å²) in [7, 11) is 2.50. The molecule has 0 unspecified atom stereocenters. The molecule has 0 N–H and O–H groups in total. The van der Waals surface area contributed by atoms with Crippen LogP contribution < -0.4 is 0 Å². The minimum atomic E-state index is -0.623. The fourth-order valence-electron chi connectivity index (χ4n) is 1.56. The Morgan fingerprint density at radius 1 is 1.23 bits per heavy atom.